The number of rotatable bonds is 8. The van der Waals surface area contributed by atoms with Crippen molar-refractivity contribution in [2.75, 3.05) is 18.1 Å². The Labute approximate surface area is 238 Å². The number of aromatic carboxylic acids is 2. The highest BCUT2D eigenvalue weighted by Crippen LogP contribution is 2.26. The van der Waals surface area contributed by atoms with Crippen molar-refractivity contribution >= 4 is 58.5 Å². The van der Waals surface area contributed by atoms with E-state index in [9.17, 15) is 18.0 Å². The number of benzene rings is 2. The van der Waals surface area contributed by atoms with Gasteiger partial charge in [0, 0.05) is 25.6 Å². The molecule has 2 aromatic carbocycles. The van der Waals surface area contributed by atoms with Gasteiger partial charge in [0.15, 0.2) is 0 Å². The summed E-state index contributed by atoms with van der Waals surface area (Å²) in [5, 5.41) is 20.0. The van der Waals surface area contributed by atoms with Crippen molar-refractivity contribution < 1.29 is 28.2 Å². The molecule has 4 aromatic rings. The van der Waals surface area contributed by atoms with Crippen LogP contribution in [0.1, 0.15) is 26.3 Å². The van der Waals surface area contributed by atoms with Crippen molar-refractivity contribution in [2.45, 2.75) is 0 Å². The van der Waals surface area contributed by atoms with Gasteiger partial charge in [-0.15, -0.1) is 24.8 Å². The van der Waals surface area contributed by atoms with Gasteiger partial charge in [0.1, 0.15) is 0 Å². The first kappa shape index (κ1) is 32.9. The summed E-state index contributed by atoms with van der Waals surface area (Å²) in [5.74, 6) is -2.35. The molecule has 2 aromatic heterocycles. The average Bonchev–Trinajstić information content (AvgIpc) is 3.36. The largest absolute Gasteiger partial charge is 0.478 e. The van der Waals surface area contributed by atoms with Crippen LogP contribution in [0, 0.1) is 0 Å². The molecular formula is C27H27Cl2N3O6S. The third kappa shape index (κ3) is 9.29. The lowest BCUT2D eigenvalue weighted by Gasteiger charge is -2.08. The second-order valence-corrected chi connectivity index (χ2v) is 9.57. The first-order valence-corrected chi connectivity index (χ1v) is 12.6. The molecule has 0 spiro atoms. The summed E-state index contributed by atoms with van der Waals surface area (Å²) in [5.41, 5.74) is 3.07. The third-order valence-corrected chi connectivity index (χ3v) is 6.62. The summed E-state index contributed by atoms with van der Waals surface area (Å²) in [6.45, 7) is 0. The van der Waals surface area contributed by atoms with E-state index in [1.54, 1.807) is 37.8 Å². The lowest BCUT2D eigenvalue weighted by molar-refractivity contribution is 0.0696. The van der Waals surface area contributed by atoms with E-state index in [0.717, 1.165) is 22.9 Å². The van der Waals surface area contributed by atoms with Crippen molar-refractivity contribution in [2.24, 2.45) is 0 Å². The van der Waals surface area contributed by atoms with Gasteiger partial charge < -0.3 is 15.5 Å². The highest BCUT2D eigenvalue weighted by Gasteiger charge is 2.18. The van der Waals surface area contributed by atoms with Gasteiger partial charge in [-0.3, -0.25) is 4.98 Å². The van der Waals surface area contributed by atoms with Crippen LogP contribution in [0.25, 0.3) is 17.3 Å². The monoisotopic (exact) mass is 591 g/mol. The molecule has 4 rings (SSSR count). The quantitative estimate of drug-likeness (QED) is 0.247. The summed E-state index contributed by atoms with van der Waals surface area (Å²) >= 11 is 0. The molecule has 0 unspecified atom stereocenters. The zero-order valence-corrected chi connectivity index (χ0v) is 23.1. The molecule has 0 amide bonds. The molecule has 0 fully saturated rings. The molecule has 206 valence electrons. The molecular weight excluding hydrogens is 565 g/mol. The van der Waals surface area contributed by atoms with E-state index >= 15 is 0 Å². The fraction of sp³-hybridized carbons (Fsp3) is 0.0741. The van der Waals surface area contributed by atoms with Crippen LogP contribution in [0.5, 0.6) is 0 Å². The standard InChI is InChI=1S/C19H19N3O2S.C8H6O4.2ClH/c1-20-18-13-19(17-9-3-2-4-10-17)22(15-18)25(23,24)12-6-8-16-7-5-11-21-14-16;9-7(10)5-2-1-3-6(4-5)8(11)12;;/h2-11,13-15,20H,12H2,1H3;1-4H,(H,9,10)(H,11,12);2*1H. The average molecular weight is 593 g/mol. The molecule has 0 aliphatic heterocycles. The molecule has 39 heavy (non-hydrogen) atoms. The Morgan fingerprint density at radius 2 is 1.56 bits per heavy atom. The van der Waals surface area contributed by atoms with Crippen LogP contribution in [0.2, 0.25) is 0 Å². The number of hydrogen-bond acceptors (Lipinski definition) is 6. The number of nitrogens with one attached hydrogen (secondary N) is 1. The zero-order valence-electron chi connectivity index (χ0n) is 20.7. The van der Waals surface area contributed by atoms with Gasteiger partial charge in [-0.1, -0.05) is 54.6 Å². The molecule has 0 aliphatic rings. The fourth-order valence-electron chi connectivity index (χ4n) is 3.28. The molecule has 0 aliphatic carbocycles. The fourth-order valence-corrected chi connectivity index (χ4v) is 4.51. The Kier molecular flexibility index (Phi) is 12.9. The van der Waals surface area contributed by atoms with Gasteiger partial charge in [-0.25, -0.2) is 22.0 Å². The molecule has 0 saturated heterocycles. The molecule has 0 bridgehead atoms. The van der Waals surface area contributed by atoms with E-state index in [4.69, 9.17) is 10.2 Å². The number of hydrogen-bond donors (Lipinski definition) is 3. The lowest BCUT2D eigenvalue weighted by Crippen LogP contribution is -2.15. The maximum atomic E-state index is 12.8. The Hall–Kier alpha value is -4.12. The Balaban J connectivity index is 0.000000463. The van der Waals surface area contributed by atoms with Crippen LogP contribution >= 0.6 is 24.8 Å². The van der Waals surface area contributed by atoms with Crippen molar-refractivity contribution in [3.63, 3.8) is 0 Å². The molecule has 0 radical (unpaired) electrons. The number of carboxylic acid groups (broad SMARTS) is 2. The van der Waals surface area contributed by atoms with Crippen molar-refractivity contribution in [3.05, 3.63) is 114 Å². The Morgan fingerprint density at radius 1 is 0.923 bits per heavy atom. The van der Waals surface area contributed by atoms with Crippen molar-refractivity contribution in [1.82, 2.24) is 8.96 Å². The predicted molar refractivity (Wildman–Crippen MR) is 157 cm³/mol. The van der Waals surface area contributed by atoms with E-state index in [1.165, 1.54) is 22.2 Å². The van der Waals surface area contributed by atoms with Crippen molar-refractivity contribution in [3.8, 4) is 11.3 Å². The van der Waals surface area contributed by atoms with E-state index in [0.29, 0.717) is 5.69 Å². The van der Waals surface area contributed by atoms with Gasteiger partial charge in [0.05, 0.1) is 28.3 Å². The highest BCUT2D eigenvalue weighted by molar-refractivity contribution is 7.90. The molecule has 0 saturated carbocycles. The summed E-state index contributed by atoms with van der Waals surface area (Å²) in [7, 11) is -1.76. The number of anilines is 1. The number of halogens is 2. The molecule has 2 heterocycles. The second kappa shape index (κ2) is 15.3. The topological polar surface area (TPSA) is 139 Å². The van der Waals surface area contributed by atoms with E-state index in [2.05, 4.69) is 10.3 Å². The minimum absolute atomic E-state index is 0. The van der Waals surface area contributed by atoms with Crippen LogP contribution in [0.4, 0.5) is 5.69 Å². The Bertz CT molecular complexity index is 1480. The minimum atomic E-state index is -3.53. The van der Waals surface area contributed by atoms with Crippen LogP contribution in [-0.2, 0) is 10.0 Å². The Morgan fingerprint density at radius 3 is 2.10 bits per heavy atom. The van der Waals surface area contributed by atoms with E-state index in [-0.39, 0.29) is 41.7 Å². The summed E-state index contributed by atoms with van der Waals surface area (Å²) in [6, 6.07) is 20.2. The van der Waals surface area contributed by atoms with E-state index < -0.39 is 22.0 Å². The van der Waals surface area contributed by atoms with Crippen LogP contribution < -0.4 is 5.32 Å². The van der Waals surface area contributed by atoms with Crippen LogP contribution in [0.15, 0.2) is 97.5 Å². The second-order valence-electron chi connectivity index (χ2n) is 7.68. The van der Waals surface area contributed by atoms with Crippen LogP contribution in [0.3, 0.4) is 0 Å². The number of pyridine rings is 1. The first-order chi connectivity index (χ1) is 17.7. The zero-order chi connectivity index (χ0) is 26.8. The van der Waals surface area contributed by atoms with Gasteiger partial charge in [-0.2, -0.15) is 0 Å². The number of carboxylic acids is 2. The molecule has 12 heteroatoms. The maximum absolute atomic E-state index is 12.8. The van der Waals surface area contributed by atoms with Gasteiger partial charge in [-0.05, 0) is 41.5 Å². The maximum Gasteiger partial charge on any atom is 0.335 e. The summed E-state index contributed by atoms with van der Waals surface area (Å²) in [6.07, 6.45) is 8.37. The third-order valence-electron chi connectivity index (χ3n) is 5.10. The van der Waals surface area contributed by atoms with Crippen LogP contribution in [-0.4, -0.2) is 52.3 Å². The predicted octanol–water partition coefficient (Wildman–Crippen LogP) is 5.41. The molecule has 3 N–H and O–H groups in total. The lowest BCUT2D eigenvalue weighted by atomic mass is 10.1. The summed E-state index contributed by atoms with van der Waals surface area (Å²) < 4.78 is 27.0. The van der Waals surface area contributed by atoms with Gasteiger partial charge in [0.25, 0.3) is 0 Å². The normalized spacial score (nSPS) is 10.4. The molecule has 0 atom stereocenters. The van der Waals surface area contributed by atoms with Gasteiger partial charge >= 0.3 is 11.9 Å². The minimum Gasteiger partial charge on any atom is -0.478 e. The highest BCUT2D eigenvalue weighted by atomic mass is 35.5. The van der Waals surface area contributed by atoms with Gasteiger partial charge in [0.2, 0.25) is 10.0 Å². The number of aromatic nitrogens is 2. The SMILES string of the molecule is CNc1cc(-c2ccccc2)n(S(=O)(=O)CC=Cc2cccnc2)c1.Cl.Cl.O=C(O)c1cccc(C(=O)O)c1. The number of nitrogens with zero attached hydrogens (tertiary/aromatic N) is 2. The van der Waals surface area contributed by atoms with Crippen molar-refractivity contribution in [1.29, 1.82) is 0 Å². The summed E-state index contributed by atoms with van der Waals surface area (Å²) in [4.78, 5) is 24.8. The smallest absolute Gasteiger partial charge is 0.335 e. The van der Waals surface area contributed by atoms with E-state index in [1.807, 2.05) is 48.5 Å². The molecule has 9 nitrogen and oxygen atoms in total. The first-order valence-electron chi connectivity index (χ1n) is 11.0. The number of carbonyl (C=O) groups is 2.